The molecule has 2 atom stereocenters. The van der Waals surface area contributed by atoms with Gasteiger partial charge in [-0.2, -0.15) is 0 Å². The van der Waals surface area contributed by atoms with E-state index in [1.54, 1.807) is 62.8 Å². The van der Waals surface area contributed by atoms with Crippen LogP contribution >= 0.6 is 0 Å². The molecule has 0 radical (unpaired) electrons. The molecule has 1 amide bonds. The second kappa shape index (κ2) is 15.0. The molecule has 0 aliphatic carbocycles. The highest BCUT2D eigenvalue weighted by atomic mass is 16.5. The Morgan fingerprint density at radius 1 is 0.978 bits per heavy atom. The number of aliphatic hydroxyl groups excluding tert-OH is 1. The minimum atomic E-state index is -1.48. The van der Waals surface area contributed by atoms with Crippen molar-refractivity contribution in [2.45, 2.75) is 31.0 Å². The number of aliphatic hydroxyl groups is 1. The summed E-state index contributed by atoms with van der Waals surface area (Å²) < 4.78 is 23.1. The quantitative estimate of drug-likeness (QED) is 0.0739. The van der Waals surface area contributed by atoms with Crippen molar-refractivity contribution in [1.29, 1.82) is 0 Å². The van der Waals surface area contributed by atoms with E-state index in [1.807, 2.05) is 48.5 Å². The van der Waals surface area contributed by atoms with E-state index in [2.05, 4.69) is 15.3 Å². The Morgan fingerprint density at radius 3 is 2.43 bits per heavy atom. The molecule has 236 valence electrons. The number of carbonyl (C=O) groups is 1. The molecule has 0 spiro atoms. The van der Waals surface area contributed by atoms with Gasteiger partial charge in [0, 0.05) is 47.7 Å². The van der Waals surface area contributed by atoms with Gasteiger partial charge in [0.15, 0.2) is 23.1 Å². The topological polar surface area (TPSA) is 147 Å². The second-order valence-corrected chi connectivity index (χ2v) is 10.6. The van der Waals surface area contributed by atoms with Crippen LogP contribution in [0.15, 0.2) is 107 Å². The Bertz CT molecular complexity index is 1720. The monoisotopic (exact) mass is 621 g/mol. The zero-order valence-electron chi connectivity index (χ0n) is 25.6. The van der Waals surface area contributed by atoms with Crippen molar-refractivity contribution >= 4 is 17.5 Å². The summed E-state index contributed by atoms with van der Waals surface area (Å²) in [5.74, 6) is 1.65. The SMILES string of the molecule is COc1ccc(CNC(=O)[C@]2(Cc3ccccc3)N=C(c3ccc(OCCCO)cc3)O[C@@H]2c2ccccc2N=[N+]=[N-])cc1OC. The molecule has 0 aromatic heterocycles. The first-order valence-electron chi connectivity index (χ1n) is 14.8. The predicted molar refractivity (Wildman–Crippen MR) is 174 cm³/mol. The molecule has 0 bridgehead atoms. The van der Waals surface area contributed by atoms with E-state index in [-0.39, 0.29) is 31.4 Å². The molecule has 0 fully saturated rings. The van der Waals surface area contributed by atoms with Crippen molar-refractivity contribution in [3.05, 3.63) is 130 Å². The Kier molecular flexibility index (Phi) is 10.4. The largest absolute Gasteiger partial charge is 0.494 e. The van der Waals surface area contributed by atoms with Crippen molar-refractivity contribution < 1.29 is 28.8 Å². The normalized spacial score (nSPS) is 16.8. The van der Waals surface area contributed by atoms with Crippen LogP contribution in [0.1, 0.15) is 34.8 Å². The van der Waals surface area contributed by atoms with Crippen molar-refractivity contribution in [2.24, 2.45) is 10.1 Å². The number of nitrogens with zero attached hydrogens (tertiary/aromatic N) is 4. The maximum Gasteiger partial charge on any atom is 0.252 e. The first kappa shape index (κ1) is 31.9. The lowest BCUT2D eigenvalue weighted by atomic mass is 9.81. The Hall–Kier alpha value is -5.51. The summed E-state index contributed by atoms with van der Waals surface area (Å²) in [6, 6.07) is 29.3. The molecule has 46 heavy (non-hydrogen) atoms. The Labute approximate surface area is 267 Å². The minimum absolute atomic E-state index is 0.0407. The van der Waals surface area contributed by atoms with Crippen LogP contribution in [0.2, 0.25) is 0 Å². The molecule has 2 N–H and O–H groups in total. The van der Waals surface area contributed by atoms with Gasteiger partial charge in [0.1, 0.15) is 5.75 Å². The summed E-state index contributed by atoms with van der Waals surface area (Å²) in [5.41, 5.74) is 11.0. The number of aliphatic imine (C=N–C) groups is 1. The molecule has 1 aliphatic rings. The van der Waals surface area contributed by atoms with Gasteiger partial charge in [0.25, 0.3) is 5.91 Å². The van der Waals surface area contributed by atoms with E-state index >= 15 is 0 Å². The summed E-state index contributed by atoms with van der Waals surface area (Å²) >= 11 is 0. The molecule has 4 aromatic carbocycles. The summed E-state index contributed by atoms with van der Waals surface area (Å²) in [6.07, 6.45) is -0.216. The third-order valence-corrected chi connectivity index (χ3v) is 7.62. The van der Waals surface area contributed by atoms with Gasteiger partial charge >= 0.3 is 0 Å². The molecular formula is C35H35N5O6. The van der Waals surface area contributed by atoms with E-state index in [0.717, 1.165) is 11.1 Å². The molecule has 11 nitrogen and oxygen atoms in total. The van der Waals surface area contributed by atoms with Gasteiger partial charge in [-0.25, -0.2) is 4.99 Å². The average molecular weight is 622 g/mol. The molecule has 5 rings (SSSR count). The van der Waals surface area contributed by atoms with Crippen LogP contribution < -0.4 is 19.5 Å². The molecule has 1 aliphatic heterocycles. The Balaban J connectivity index is 1.58. The van der Waals surface area contributed by atoms with Gasteiger partial charge in [0.05, 0.1) is 20.8 Å². The fourth-order valence-corrected chi connectivity index (χ4v) is 5.34. The lowest BCUT2D eigenvalue weighted by Gasteiger charge is -2.31. The summed E-state index contributed by atoms with van der Waals surface area (Å²) in [6.45, 7) is 0.607. The maximum atomic E-state index is 14.6. The summed E-state index contributed by atoms with van der Waals surface area (Å²) in [7, 11) is 3.12. The third-order valence-electron chi connectivity index (χ3n) is 7.62. The fourth-order valence-electron chi connectivity index (χ4n) is 5.34. The standard InChI is InChI=1S/C35H35N5O6/c1-43-30-18-13-25(21-31(30)44-2)23-37-34(42)35(22-24-9-4-3-5-10-24)32(28-11-6-7-12-29(28)39-40-36)46-33(38-35)26-14-16-27(17-15-26)45-20-8-19-41/h3-7,9-18,21,32,41H,8,19-20,22-23H2,1-2H3,(H,37,42)/t32-,35-/m1/s1. The number of hydrogen-bond donors (Lipinski definition) is 2. The van der Waals surface area contributed by atoms with Gasteiger partial charge in [-0.15, -0.1) is 0 Å². The lowest BCUT2D eigenvalue weighted by Crippen LogP contribution is -2.49. The molecule has 0 saturated heterocycles. The fraction of sp³-hybridized carbons (Fsp3) is 0.257. The van der Waals surface area contributed by atoms with E-state index in [9.17, 15) is 10.3 Å². The predicted octanol–water partition coefficient (Wildman–Crippen LogP) is 6.22. The highest BCUT2D eigenvalue weighted by Gasteiger charge is 2.53. The van der Waals surface area contributed by atoms with Gasteiger partial charge < -0.3 is 29.4 Å². The molecule has 0 unspecified atom stereocenters. The van der Waals surface area contributed by atoms with Crippen LogP contribution in [-0.4, -0.2) is 49.9 Å². The molecule has 11 heteroatoms. The van der Waals surface area contributed by atoms with Crippen LogP contribution in [0.25, 0.3) is 10.4 Å². The first-order chi connectivity index (χ1) is 22.5. The number of ether oxygens (including phenoxy) is 4. The van der Waals surface area contributed by atoms with Crippen LogP contribution in [0, 0.1) is 0 Å². The van der Waals surface area contributed by atoms with Crippen LogP contribution in [0.4, 0.5) is 5.69 Å². The van der Waals surface area contributed by atoms with Crippen molar-refractivity contribution in [3.63, 3.8) is 0 Å². The van der Waals surface area contributed by atoms with Gasteiger partial charge in [-0.1, -0.05) is 65.8 Å². The van der Waals surface area contributed by atoms with Crippen molar-refractivity contribution in [1.82, 2.24) is 5.32 Å². The number of amides is 1. The van der Waals surface area contributed by atoms with Crippen molar-refractivity contribution in [2.75, 3.05) is 27.4 Å². The molecule has 0 saturated carbocycles. The zero-order chi connectivity index (χ0) is 32.4. The number of carbonyl (C=O) groups excluding carboxylic acids is 1. The summed E-state index contributed by atoms with van der Waals surface area (Å²) in [4.78, 5) is 22.6. The van der Waals surface area contributed by atoms with Crippen LogP contribution in [0.5, 0.6) is 17.2 Å². The highest BCUT2D eigenvalue weighted by molar-refractivity contribution is 6.01. The van der Waals surface area contributed by atoms with E-state index in [4.69, 9.17) is 29.0 Å². The number of benzene rings is 4. The molecular weight excluding hydrogens is 586 g/mol. The smallest absolute Gasteiger partial charge is 0.252 e. The second-order valence-electron chi connectivity index (χ2n) is 10.6. The van der Waals surface area contributed by atoms with Crippen LogP contribution in [0.3, 0.4) is 0 Å². The highest BCUT2D eigenvalue weighted by Crippen LogP contribution is 2.45. The van der Waals surface area contributed by atoms with Gasteiger partial charge in [-0.3, -0.25) is 4.79 Å². The minimum Gasteiger partial charge on any atom is -0.494 e. The maximum absolute atomic E-state index is 14.6. The van der Waals surface area contributed by atoms with E-state index < -0.39 is 11.6 Å². The van der Waals surface area contributed by atoms with Gasteiger partial charge in [-0.05, 0) is 53.1 Å². The number of methoxy groups -OCH3 is 2. The zero-order valence-corrected chi connectivity index (χ0v) is 25.6. The number of hydrogen-bond acceptors (Lipinski definition) is 8. The third kappa shape index (κ3) is 7.07. The average Bonchev–Trinajstić information content (AvgIpc) is 3.48. The van der Waals surface area contributed by atoms with E-state index in [0.29, 0.717) is 47.1 Å². The number of rotatable bonds is 14. The Morgan fingerprint density at radius 2 is 1.72 bits per heavy atom. The molecule has 1 heterocycles. The summed E-state index contributed by atoms with van der Waals surface area (Å²) in [5, 5.41) is 16.1. The van der Waals surface area contributed by atoms with Gasteiger partial charge in [0.2, 0.25) is 5.90 Å². The lowest BCUT2D eigenvalue weighted by molar-refractivity contribution is -0.129. The van der Waals surface area contributed by atoms with Crippen molar-refractivity contribution in [3.8, 4) is 17.2 Å². The number of nitrogens with one attached hydrogen (secondary N) is 1. The first-order valence-corrected chi connectivity index (χ1v) is 14.8. The number of azide groups is 1. The van der Waals surface area contributed by atoms with E-state index in [1.165, 1.54) is 0 Å². The van der Waals surface area contributed by atoms with Crippen LogP contribution in [-0.2, 0) is 22.5 Å². The molecule has 4 aromatic rings.